The predicted octanol–water partition coefficient (Wildman–Crippen LogP) is 4.84. The minimum atomic E-state index is -3.86. The quantitative estimate of drug-likeness (QED) is 0.645. The van der Waals surface area contributed by atoms with Crippen molar-refractivity contribution in [2.45, 2.75) is 25.3 Å². The van der Waals surface area contributed by atoms with Crippen molar-refractivity contribution < 1.29 is 12.8 Å². The lowest BCUT2D eigenvalue weighted by Gasteiger charge is -2.26. The third-order valence-corrected chi connectivity index (χ3v) is 6.27. The first kappa shape index (κ1) is 18.1. The number of hydrogen-bond donors (Lipinski definition) is 0. The van der Waals surface area contributed by atoms with Crippen molar-refractivity contribution in [2.24, 2.45) is 0 Å². The Balaban J connectivity index is 2.15. The summed E-state index contributed by atoms with van der Waals surface area (Å²) in [7, 11) is -3.86. The van der Waals surface area contributed by atoms with Crippen molar-refractivity contribution in [3.8, 4) is 0 Å². The number of nitrogens with zero attached hydrogens (tertiary/aromatic N) is 1. The molecule has 3 aromatic carbocycles. The molecular weight excluding hydrogens is 349 g/mol. The third kappa shape index (κ3) is 3.63. The summed E-state index contributed by atoms with van der Waals surface area (Å²) in [6.45, 7) is 3.44. The Morgan fingerprint density at radius 1 is 0.846 bits per heavy atom. The van der Waals surface area contributed by atoms with E-state index in [-0.39, 0.29) is 11.4 Å². The molecule has 26 heavy (non-hydrogen) atoms. The van der Waals surface area contributed by atoms with E-state index in [1.54, 1.807) is 38.1 Å². The smallest absolute Gasteiger partial charge is 0.262 e. The van der Waals surface area contributed by atoms with Gasteiger partial charge in [-0.25, -0.2) is 12.8 Å². The average Bonchev–Trinajstić information content (AvgIpc) is 2.60. The van der Waals surface area contributed by atoms with E-state index in [0.29, 0.717) is 16.8 Å². The summed E-state index contributed by atoms with van der Waals surface area (Å²) in [5, 5.41) is 0. The van der Waals surface area contributed by atoms with Crippen molar-refractivity contribution in [3.05, 3.63) is 95.3 Å². The van der Waals surface area contributed by atoms with E-state index in [4.69, 9.17) is 0 Å². The Hall–Kier alpha value is -2.66. The monoisotopic (exact) mass is 369 g/mol. The molecule has 0 aliphatic rings. The van der Waals surface area contributed by atoms with Crippen LogP contribution in [0.2, 0.25) is 0 Å². The zero-order chi connectivity index (χ0) is 18.7. The first-order valence-corrected chi connectivity index (χ1v) is 9.72. The molecule has 3 rings (SSSR count). The van der Waals surface area contributed by atoms with E-state index >= 15 is 0 Å². The molecule has 0 heterocycles. The number of anilines is 1. The van der Waals surface area contributed by atoms with Gasteiger partial charge < -0.3 is 0 Å². The summed E-state index contributed by atoms with van der Waals surface area (Å²) in [5.41, 5.74) is 2.24. The van der Waals surface area contributed by atoms with Gasteiger partial charge in [0.2, 0.25) is 0 Å². The molecule has 0 amide bonds. The molecule has 0 bridgehead atoms. The van der Waals surface area contributed by atoms with Gasteiger partial charge in [0.05, 0.1) is 17.1 Å². The van der Waals surface area contributed by atoms with Crippen molar-refractivity contribution in [1.82, 2.24) is 0 Å². The fourth-order valence-electron chi connectivity index (χ4n) is 3.07. The standard InChI is InChI=1S/C21H20FNO2S/c1-16-13-19(22)14-17(2)21(16)26(24,25)23(20-11-7-4-8-12-20)15-18-9-5-3-6-10-18/h3-14H,15H2,1-2H3. The zero-order valence-corrected chi connectivity index (χ0v) is 15.5. The first-order chi connectivity index (χ1) is 12.4. The number of halogens is 1. The Morgan fingerprint density at radius 2 is 1.35 bits per heavy atom. The van der Waals surface area contributed by atoms with Gasteiger partial charge in [0.25, 0.3) is 10.0 Å². The maximum absolute atomic E-state index is 13.7. The Kier molecular flexibility index (Phi) is 5.09. The second kappa shape index (κ2) is 7.30. The van der Waals surface area contributed by atoms with E-state index in [0.717, 1.165) is 5.56 Å². The number of rotatable bonds is 5. The topological polar surface area (TPSA) is 37.4 Å². The van der Waals surface area contributed by atoms with Gasteiger partial charge in [-0.2, -0.15) is 0 Å². The van der Waals surface area contributed by atoms with Gasteiger partial charge in [-0.15, -0.1) is 0 Å². The molecule has 0 radical (unpaired) electrons. The molecule has 0 atom stereocenters. The van der Waals surface area contributed by atoms with Gasteiger partial charge in [-0.1, -0.05) is 48.5 Å². The van der Waals surface area contributed by atoms with Crippen LogP contribution >= 0.6 is 0 Å². The molecule has 0 N–H and O–H groups in total. The van der Waals surface area contributed by atoms with E-state index in [1.165, 1.54) is 16.4 Å². The summed E-state index contributed by atoms with van der Waals surface area (Å²) in [5.74, 6) is -0.437. The number of para-hydroxylation sites is 1. The van der Waals surface area contributed by atoms with Crippen LogP contribution in [-0.2, 0) is 16.6 Å². The van der Waals surface area contributed by atoms with E-state index < -0.39 is 15.8 Å². The minimum Gasteiger partial charge on any atom is -0.262 e. The molecule has 0 saturated heterocycles. The van der Waals surface area contributed by atoms with Crippen LogP contribution < -0.4 is 4.31 Å². The SMILES string of the molecule is Cc1cc(F)cc(C)c1S(=O)(=O)N(Cc1ccccc1)c1ccccc1. The van der Waals surface area contributed by atoms with Crippen LogP contribution in [0.25, 0.3) is 0 Å². The molecule has 0 spiro atoms. The molecule has 134 valence electrons. The lowest BCUT2D eigenvalue weighted by Crippen LogP contribution is -2.31. The highest BCUT2D eigenvalue weighted by molar-refractivity contribution is 7.92. The van der Waals surface area contributed by atoms with E-state index in [2.05, 4.69) is 0 Å². The van der Waals surface area contributed by atoms with Crippen LogP contribution in [0.5, 0.6) is 0 Å². The normalized spacial score (nSPS) is 11.3. The lowest BCUT2D eigenvalue weighted by atomic mass is 10.1. The van der Waals surface area contributed by atoms with Gasteiger partial charge >= 0.3 is 0 Å². The maximum Gasteiger partial charge on any atom is 0.265 e. The molecule has 3 aromatic rings. The van der Waals surface area contributed by atoms with Crippen molar-refractivity contribution >= 4 is 15.7 Å². The number of aryl methyl sites for hydroxylation is 2. The summed E-state index contributed by atoms with van der Waals surface area (Å²) >= 11 is 0. The predicted molar refractivity (Wildman–Crippen MR) is 102 cm³/mol. The molecular formula is C21H20FNO2S. The second-order valence-corrected chi connectivity index (χ2v) is 8.00. The van der Waals surface area contributed by atoms with Crippen molar-refractivity contribution in [1.29, 1.82) is 0 Å². The summed E-state index contributed by atoms with van der Waals surface area (Å²) in [6, 6.07) is 20.9. The lowest BCUT2D eigenvalue weighted by molar-refractivity contribution is 0.587. The fourth-order valence-corrected chi connectivity index (χ4v) is 4.94. The van der Waals surface area contributed by atoms with E-state index in [1.807, 2.05) is 36.4 Å². The van der Waals surface area contributed by atoms with Gasteiger partial charge in [-0.3, -0.25) is 4.31 Å². The van der Waals surface area contributed by atoms with Crippen molar-refractivity contribution in [3.63, 3.8) is 0 Å². The summed E-state index contributed by atoms with van der Waals surface area (Å²) in [4.78, 5) is 0.152. The number of hydrogen-bond acceptors (Lipinski definition) is 2. The molecule has 0 aromatic heterocycles. The van der Waals surface area contributed by atoms with Gasteiger partial charge in [0.15, 0.2) is 0 Å². The van der Waals surface area contributed by atoms with Gasteiger partial charge in [0, 0.05) is 0 Å². The summed E-state index contributed by atoms with van der Waals surface area (Å²) < 4.78 is 42.0. The average molecular weight is 369 g/mol. The molecule has 0 unspecified atom stereocenters. The Labute approximate surface area is 153 Å². The zero-order valence-electron chi connectivity index (χ0n) is 14.7. The maximum atomic E-state index is 13.7. The van der Waals surface area contributed by atoms with Crippen LogP contribution in [0.3, 0.4) is 0 Å². The highest BCUT2D eigenvalue weighted by atomic mass is 32.2. The van der Waals surface area contributed by atoms with Crippen molar-refractivity contribution in [2.75, 3.05) is 4.31 Å². The van der Waals surface area contributed by atoms with Gasteiger partial charge in [0.1, 0.15) is 5.82 Å². The summed E-state index contributed by atoms with van der Waals surface area (Å²) in [6.07, 6.45) is 0. The third-order valence-electron chi connectivity index (χ3n) is 4.19. The minimum absolute atomic E-state index is 0.152. The van der Waals surface area contributed by atoms with Crippen LogP contribution in [0.1, 0.15) is 16.7 Å². The molecule has 3 nitrogen and oxygen atoms in total. The highest BCUT2D eigenvalue weighted by Crippen LogP contribution is 2.30. The fraction of sp³-hybridized carbons (Fsp3) is 0.143. The molecule has 0 aliphatic heterocycles. The van der Waals surface area contributed by atoms with Crippen LogP contribution in [0.4, 0.5) is 10.1 Å². The van der Waals surface area contributed by atoms with Gasteiger partial charge in [-0.05, 0) is 54.8 Å². The molecule has 0 saturated carbocycles. The second-order valence-electron chi connectivity index (χ2n) is 6.20. The van der Waals surface area contributed by atoms with Crippen LogP contribution in [0, 0.1) is 19.7 Å². The molecule has 0 aliphatic carbocycles. The largest absolute Gasteiger partial charge is 0.265 e. The number of sulfonamides is 1. The van der Waals surface area contributed by atoms with E-state index in [9.17, 15) is 12.8 Å². The molecule has 0 fully saturated rings. The highest BCUT2D eigenvalue weighted by Gasteiger charge is 2.28. The Bertz CT molecular complexity index is 980. The molecule has 5 heteroatoms. The number of benzene rings is 3. The Morgan fingerprint density at radius 3 is 1.88 bits per heavy atom. The first-order valence-electron chi connectivity index (χ1n) is 8.28. The van der Waals surface area contributed by atoms with Crippen LogP contribution in [0.15, 0.2) is 77.7 Å². The van der Waals surface area contributed by atoms with Crippen LogP contribution in [-0.4, -0.2) is 8.42 Å².